The van der Waals surface area contributed by atoms with Gasteiger partial charge in [0.2, 0.25) is 0 Å². The van der Waals surface area contributed by atoms with Gasteiger partial charge >= 0.3 is 5.97 Å². The van der Waals surface area contributed by atoms with Crippen molar-refractivity contribution in [2.75, 3.05) is 0 Å². The van der Waals surface area contributed by atoms with Crippen molar-refractivity contribution >= 4 is 23.3 Å². The molecule has 0 N–H and O–H groups in total. The number of hydrogen-bond donors (Lipinski definition) is 0. The lowest BCUT2D eigenvalue weighted by molar-refractivity contribution is 0.0517. The van der Waals surface area contributed by atoms with Crippen LogP contribution in [0.25, 0.3) is 0 Å². The second-order valence-corrected chi connectivity index (χ2v) is 5.86. The highest BCUT2D eigenvalue weighted by Gasteiger charge is 2.11. The van der Waals surface area contributed by atoms with Crippen LogP contribution in [0.5, 0.6) is 0 Å². The van der Waals surface area contributed by atoms with Gasteiger partial charge in [-0.3, -0.25) is 4.98 Å². The molecule has 0 fully saturated rings. The monoisotopic (exact) mass is 350 g/mol. The highest BCUT2D eigenvalue weighted by atomic mass is 35.5. The van der Waals surface area contributed by atoms with E-state index in [2.05, 4.69) is 10.1 Å². The van der Waals surface area contributed by atoms with Crippen molar-refractivity contribution in [2.24, 2.45) is 5.16 Å². The van der Waals surface area contributed by atoms with E-state index in [1.165, 1.54) is 0 Å². The zero-order chi connectivity index (χ0) is 17.6. The molecule has 0 aliphatic rings. The fraction of sp³-hybridized carbons (Fsp3) is 0.0500. The molecule has 2 aromatic carbocycles. The molecule has 3 aromatic rings. The van der Waals surface area contributed by atoms with Gasteiger partial charge in [0.25, 0.3) is 0 Å². The van der Waals surface area contributed by atoms with Crippen LogP contribution in [0, 0.1) is 6.92 Å². The fourth-order valence-electron chi connectivity index (χ4n) is 2.22. The molecule has 0 aliphatic heterocycles. The molecular weight excluding hydrogens is 336 g/mol. The lowest BCUT2D eigenvalue weighted by atomic mass is 10.0. The van der Waals surface area contributed by atoms with Crippen LogP contribution in [0.4, 0.5) is 0 Å². The number of oxime groups is 1. The normalized spacial score (nSPS) is 11.2. The van der Waals surface area contributed by atoms with Crippen LogP contribution in [-0.2, 0) is 4.84 Å². The molecule has 1 heterocycles. The topological polar surface area (TPSA) is 51.5 Å². The van der Waals surface area contributed by atoms with Crippen molar-refractivity contribution in [1.82, 2.24) is 4.98 Å². The summed E-state index contributed by atoms with van der Waals surface area (Å²) in [6.07, 6.45) is 3.31. The van der Waals surface area contributed by atoms with Crippen molar-refractivity contribution in [3.63, 3.8) is 0 Å². The van der Waals surface area contributed by atoms with E-state index in [0.29, 0.717) is 16.3 Å². The Kier molecular flexibility index (Phi) is 5.21. The zero-order valence-electron chi connectivity index (χ0n) is 13.5. The summed E-state index contributed by atoms with van der Waals surface area (Å²) in [5, 5.41) is 4.71. The summed E-state index contributed by atoms with van der Waals surface area (Å²) >= 11 is 5.95. The molecule has 0 bridgehead atoms. The minimum atomic E-state index is -0.513. The lowest BCUT2D eigenvalue weighted by Gasteiger charge is -2.07. The second-order valence-electron chi connectivity index (χ2n) is 5.43. The van der Waals surface area contributed by atoms with E-state index < -0.39 is 5.97 Å². The van der Waals surface area contributed by atoms with Gasteiger partial charge < -0.3 is 4.84 Å². The van der Waals surface area contributed by atoms with Crippen molar-refractivity contribution < 1.29 is 9.63 Å². The van der Waals surface area contributed by atoms with E-state index in [1.807, 2.05) is 31.2 Å². The number of pyridine rings is 1. The average Bonchev–Trinajstić information content (AvgIpc) is 2.64. The van der Waals surface area contributed by atoms with E-state index >= 15 is 0 Å². The van der Waals surface area contributed by atoms with Crippen LogP contribution in [-0.4, -0.2) is 16.7 Å². The molecule has 0 spiro atoms. The van der Waals surface area contributed by atoms with Crippen LogP contribution in [0.2, 0.25) is 5.02 Å². The number of carbonyl (C=O) groups excluding carboxylic acids is 1. The smallest absolute Gasteiger partial charge is 0.312 e. The molecule has 0 amide bonds. The van der Waals surface area contributed by atoms with E-state index in [9.17, 15) is 4.79 Å². The molecular formula is C20H15ClN2O2. The molecule has 1 aromatic heterocycles. The van der Waals surface area contributed by atoms with Crippen LogP contribution in [0.1, 0.15) is 27.0 Å². The number of rotatable bonds is 4. The summed E-state index contributed by atoms with van der Waals surface area (Å²) < 4.78 is 0. The highest BCUT2D eigenvalue weighted by molar-refractivity contribution is 6.30. The van der Waals surface area contributed by atoms with Crippen molar-refractivity contribution in [3.05, 3.63) is 100 Å². The predicted molar refractivity (Wildman–Crippen MR) is 97.9 cm³/mol. The van der Waals surface area contributed by atoms with Crippen LogP contribution >= 0.6 is 11.6 Å². The Morgan fingerprint density at radius 3 is 2.08 bits per heavy atom. The molecule has 0 unspecified atom stereocenters. The summed E-state index contributed by atoms with van der Waals surface area (Å²) in [6.45, 7) is 1.95. The second kappa shape index (κ2) is 7.73. The van der Waals surface area contributed by atoms with Crippen LogP contribution in [0.3, 0.4) is 0 Å². The first-order valence-electron chi connectivity index (χ1n) is 7.66. The number of carbonyl (C=O) groups is 1. The minimum absolute atomic E-state index is 0.444. The van der Waals surface area contributed by atoms with E-state index in [0.717, 1.165) is 16.7 Å². The highest BCUT2D eigenvalue weighted by Crippen LogP contribution is 2.15. The summed E-state index contributed by atoms with van der Waals surface area (Å²) in [4.78, 5) is 21.4. The molecule has 0 aliphatic carbocycles. The van der Waals surface area contributed by atoms with Crippen LogP contribution in [0.15, 0.2) is 78.2 Å². The standard InChI is InChI=1S/C20H15ClN2O2/c1-14-2-4-17(5-3-14)20(24)25-23-19(16-10-12-22-13-11-16)15-6-8-18(21)9-7-15/h2-13H,1H3. The van der Waals surface area contributed by atoms with Gasteiger partial charge in [0.05, 0.1) is 5.56 Å². The number of benzene rings is 2. The van der Waals surface area contributed by atoms with Crippen molar-refractivity contribution in [3.8, 4) is 0 Å². The van der Waals surface area contributed by atoms with E-state index in [1.54, 1.807) is 48.8 Å². The van der Waals surface area contributed by atoms with Gasteiger partial charge in [-0.15, -0.1) is 0 Å². The van der Waals surface area contributed by atoms with E-state index in [-0.39, 0.29) is 0 Å². The number of hydrogen-bond acceptors (Lipinski definition) is 4. The minimum Gasteiger partial charge on any atom is -0.312 e. The summed E-state index contributed by atoms with van der Waals surface area (Å²) in [5.41, 5.74) is 3.61. The van der Waals surface area contributed by atoms with Gasteiger partial charge in [0, 0.05) is 28.5 Å². The third-order valence-corrected chi connectivity index (χ3v) is 3.83. The first-order valence-corrected chi connectivity index (χ1v) is 8.03. The summed E-state index contributed by atoms with van der Waals surface area (Å²) in [7, 11) is 0. The number of aryl methyl sites for hydroxylation is 1. The third-order valence-electron chi connectivity index (χ3n) is 3.58. The first-order chi connectivity index (χ1) is 12.1. The molecule has 5 heteroatoms. The quantitative estimate of drug-likeness (QED) is 0.391. The van der Waals surface area contributed by atoms with Gasteiger partial charge in [-0.2, -0.15) is 0 Å². The Labute approximate surface area is 150 Å². The Morgan fingerprint density at radius 1 is 0.880 bits per heavy atom. The maximum atomic E-state index is 12.2. The molecule has 0 saturated heterocycles. The molecule has 25 heavy (non-hydrogen) atoms. The SMILES string of the molecule is Cc1ccc(C(=O)ON=C(c2ccncc2)c2ccc(Cl)cc2)cc1. The number of aromatic nitrogens is 1. The van der Waals surface area contributed by atoms with Gasteiger partial charge in [-0.25, -0.2) is 4.79 Å². The maximum Gasteiger partial charge on any atom is 0.365 e. The first kappa shape index (κ1) is 16.9. The molecule has 0 atom stereocenters. The number of halogens is 1. The Morgan fingerprint density at radius 2 is 1.44 bits per heavy atom. The van der Waals surface area contributed by atoms with Gasteiger partial charge in [0.1, 0.15) is 5.71 Å². The average molecular weight is 351 g/mol. The van der Waals surface area contributed by atoms with Crippen LogP contribution < -0.4 is 0 Å². The Hall–Kier alpha value is -2.98. The molecule has 0 saturated carbocycles. The molecule has 3 rings (SSSR count). The zero-order valence-corrected chi connectivity index (χ0v) is 14.3. The van der Waals surface area contributed by atoms with Crippen molar-refractivity contribution in [1.29, 1.82) is 0 Å². The maximum absolute atomic E-state index is 12.2. The van der Waals surface area contributed by atoms with Gasteiger partial charge in [-0.05, 0) is 43.3 Å². The number of nitrogens with zero attached hydrogens (tertiary/aromatic N) is 2. The van der Waals surface area contributed by atoms with Gasteiger partial charge in [0.15, 0.2) is 0 Å². The predicted octanol–water partition coefficient (Wildman–Crippen LogP) is 4.65. The summed E-state index contributed by atoms with van der Waals surface area (Å²) in [5.74, 6) is -0.513. The molecule has 4 nitrogen and oxygen atoms in total. The van der Waals surface area contributed by atoms with E-state index in [4.69, 9.17) is 16.4 Å². The lowest BCUT2D eigenvalue weighted by Crippen LogP contribution is -2.08. The summed E-state index contributed by atoms with van der Waals surface area (Å²) in [6, 6.07) is 17.9. The van der Waals surface area contributed by atoms with Gasteiger partial charge in [-0.1, -0.05) is 46.6 Å². The Balaban J connectivity index is 1.91. The van der Waals surface area contributed by atoms with Crippen molar-refractivity contribution in [2.45, 2.75) is 6.92 Å². The molecule has 124 valence electrons. The fourth-order valence-corrected chi connectivity index (χ4v) is 2.35. The third kappa shape index (κ3) is 4.31. The largest absolute Gasteiger partial charge is 0.365 e. The molecule has 0 radical (unpaired) electrons. The Bertz CT molecular complexity index is 889.